The Balaban J connectivity index is 2.11. The molecule has 1 N–H and O–H groups in total. The predicted octanol–water partition coefficient (Wildman–Crippen LogP) is 2.96. The molecule has 2 aromatic carbocycles. The van der Waals surface area contributed by atoms with Crippen LogP contribution in [0.2, 0.25) is 0 Å². The Kier molecular flexibility index (Phi) is 3.47. The zero-order chi connectivity index (χ0) is 15.7. The summed E-state index contributed by atoms with van der Waals surface area (Å²) in [5.41, 5.74) is 0.678. The molecule has 0 radical (unpaired) electrons. The van der Waals surface area contributed by atoms with E-state index < -0.39 is 23.7 Å². The minimum atomic E-state index is -1.04. The largest absolute Gasteiger partial charge is 0.507 e. The van der Waals surface area contributed by atoms with Gasteiger partial charge in [-0.05, 0) is 17.7 Å². The topological polar surface area (TPSA) is 63.6 Å². The molecule has 2 aromatic rings. The summed E-state index contributed by atoms with van der Waals surface area (Å²) in [6, 6.07) is 13.6. The highest BCUT2D eigenvalue weighted by molar-refractivity contribution is 6.44. The molecule has 0 spiro atoms. The van der Waals surface area contributed by atoms with Crippen molar-refractivity contribution in [3.8, 4) is 0 Å². The fraction of sp³-hybridized carbons (Fsp3) is 0.0588. The number of hydrogen-bond donors (Lipinski definition) is 1. The highest BCUT2D eigenvalue weighted by Crippen LogP contribution is 2.36. The second kappa shape index (κ2) is 5.44. The van der Waals surface area contributed by atoms with Crippen LogP contribution in [-0.2, 0) is 14.3 Å². The van der Waals surface area contributed by atoms with Crippen molar-refractivity contribution in [2.75, 3.05) is 0 Å². The average Bonchev–Trinajstić information content (AvgIpc) is 2.84. The van der Waals surface area contributed by atoms with Crippen LogP contribution in [0.5, 0.6) is 0 Å². The minimum absolute atomic E-state index is 0.136. The third-order valence-corrected chi connectivity index (χ3v) is 3.39. The first-order valence-electron chi connectivity index (χ1n) is 6.57. The fourth-order valence-corrected chi connectivity index (χ4v) is 2.30. The number of carbonyl (C=O) groups excluding carboxylic acids is 2. The van der Waals surface area contributed by atoms with Gasteiger partial charge in [0.2, 0.25) is 0 Å². The van der Waals surface area contributed by atoms with E-state index in [-0.39, 0.29) is 11.3 Å². The first-order valence-corrected chi connectivity index (χ1v) is 6.57. The molecule has 110 valence electrons. The van der Waals surface area contributed by atoms with Crippen LogP contribution in [0, 0.1) is 5.82 Å². The number of ketones is 1. The Morgan fingerprint density at radius 2 is 1.64 bits per heavy atom. The van der Waals surface area contributed by atoms with Crippen molar-refractivity contribution in [2.24, 2.45) is 0 Å². The van der Waals surface area contributed by atoms with Gasteiger partial charge in [0.15, 0.2) is 6.10 Å². The van der Waals surface area contributed by atoms with Gasteiger partial charge < -0.3 is 9.84 Å². The second-order valence-electron chi connectivity index (χ2n) is 4.79. The van der Waals surface area contributed by atoms with Crippen molar-refractivity contribution in [1.82, 2.24) is 0 Å². The number of carbonyl (C=O) groups is 2. The average molecular weight is 298 g/mol. The number of Topliss-reactive ketones (excluding diaryl/α,β-unsaturated/α-hetero) is 1. The van der Waals surface area contributed by atoms with Gasteiger partial charge in [-0.15, -0.1) is 0 Å². The summed E-state index contributed by atoms with van der Waals surface area (Å²) in [4.78, 5) is 23.6. The first kappa shape index (κ1) is 14.0. The number of cyclic esters (lactones) is 1. The number of benzene rings is 2. The Labute approximate surface area is 125 Å². The molecule has 1 atom stereocenters. The molecule has 0 amide bonds. The van der Waals surface area contributed by atoms with Gasteiger partial charge >= 0.3 is 5.97 Å². The number of aliphatic hydroxyl groups excluding tert-OH is 1. The first-order chi connectivity index (χ1) is 10.6. The van der Waals surface area contributed by atoms with Crippen LogP contribution in [0.25, 0.3) is 5.76 Å². The number of ether oxygens (including phenoxy) is 1. The van der Waals surface area contributed by atoms with E-state index in [4.69, 9.17) is 4.74 Å². The lowest BCUT2D eigenvalue weighted by molar-refractivity contribution is -0.149. The summed E-state index contributed by atoms with van der Waals surface area (Å²) in [6.45, 7) is 0. The molecule has 1 unspecified atom stereocenters. The van der Waals surface area contributed by atoms with Gasteiger partial charge in [-0.2, -0.15) is 0 Å². The number of aliphatic hydroxyl groups is 1. The maximum atomic E-state index is 13.0. The molecule has 0 saturated carbocycles. The van der Waals surface area contributed by atoms with Crippen molar-refractivity contribution in [3.05, 3.63) is 77.1 Å². The molecule has 3 rings (SSSR count). The molecule has 1 aliphatic rings. The maximum Gasteiger partial charge on any atom is 0.380 e. The molecular weight excluding hydrogens is 287 g/mol. The summed E-state index contributed by atoms with van der Waals surface area (Å²) >= 11 is 0. The van der Waals surface area contributed by atoms with Gasteiger partial charge in [0.25, 0.3) is 5.78 Å². The lowest BCUT2D eigenvalue weighted by atomic mass is 9.97. The van der Waals surface area contributed by atoms with Crippen molar-refractivity contribution < 1.29 is 23.8 Å². The van der Waals surface area contributed by atoms with E-state index in [1.807, 2.05) is 0 Å². The molecule has 1 fully saturated rings. The van der Waals surface area contributed by atoms with Gasteiger partial charge in [-0.3, -0.25) is 4.79 Å². The van der Waals surface area contributed by atoms with E-state index in [0.29, 0.717) is 11.1 Å². The van der Waals surface area contributed by atoms with Crippen LogP contribution in [0.15, 0.2) is 60.2 Å². The molecule has 1 aliphatic heterocycles. The fourth-order valence-electron chi connectivity index (χ4n) is 2.30. The number of halogens is 1. The number of rotatable bonds is 2. The van der Waals surface area contributed by atoms with Crippen LogP contribution in [0.1, 0.15) is 17.2 Å². The molecule has 1 heterocycles. The third kappa shape index (κ3) is 2.37. The van der Waals surface area contributed by atoms with Crippen LogP contribution in [0.3, 0.4) is 0 Å². The quantitative estimate of drug-likeness (QED) is 0.401. The van der Waals surface area contributed by atoms with Gasteiger partial charge in [-0.25, -0.2) is 9.18 Å². The third-order valence-electron chi connectivity index (χ3n) is 3.39. The van der Waals surface area contributed by atoms with E-state index in [1.54, 1.807) is 30.3 Å². The van der Waals surface area contributed by atoms with Crippen LogP contribution in [-0.4, -0.2) is 16.9 Å². The Morgan fingerprint density at radius 1 is 1.00 bits per heavy atom. The SMILES string of the molecule is O=C1OC(c2ccc(F)cc2)C(=C(O)c2ccccc2)C1=O. The Morgan fingerprint density at radius 3 is 2.27 bits per heavy atom. The summed E-state index contributed by atoms with van der Waals surface area (Å²) in [5, 5.41) is 10.3. The molecule has 22 heavy (non-hydrogen) atoms. The van der Waals surface area contributed by atoms with Crippen LogP contribution < -0.4 is 0 Å². The minimum Gasteiger partial charge on any atom is -0.507 e. The second-order valence-corrected chi connectivity index (χ2v) is 4.79. The smallest absolute Gasteiger partial charge is 0.380 e. The molecule has 0 aromatic heterocycles. The molecule has 4 nitrogen and oxygen atoms in total. The predicted molar refractivity (Wildman–Crippen MR) is 76.2 cm³/mol. The molecule has 5 heteroatoms. The van der Waals surface area contributed by atoms with E-state index in [2.05, 4.69) is 0 Å². The summed E-state index contributed by atoms with van der Waals surface area (Å²) in [5.74, 6) is -2.69. The van der Waals surface area contributed by atoms with Crippen LogP contribution in [0.4, 0.5) is 4.39 Å². The maximum absolute atomic E-state index is 13.0. The standard InChI is InChI=1S/C17H11FO4/c18-12-8-6-11(7-9-12)16-13(15(20)17(21)22-16)14(19)10-4-2-1-3-5-10/h1-9,16,19H. The zero-order valence-electron chi connectivity index (χ0n) is 11.3. The molecule has 0 aliphatic carbocycles. The van der Waals surface area contributed by atoms with E-state index in [0.717, 1.165) is 0 Å². The monoisotopic (exact) mass is 298 g/mol. The zero-order valence-corrected chi connectivity index (χ0v) is 11.3. The van der Waals surface area contributed by atoms with Gasteiger partial charge in [0.1, 0.15) is 11.6 Å². The highest BCUT2D eigenvalue weighted by atomic mass is 19.1. The summed E-state index contributed by atoms with van der Waals surface area (Å²) in [7, 11) is 0. The summed E-state index contributed by atoms with van der Waals surface area (Å²) in [6.07, 6.45) is -1.04. The van der Waals surface area contributed by atoms with Crippen LogP contribution >= 0.6 is 0 Å². The van der Waals surface area contributed by atoms with Crippen molar-refractivity contribution >= 4 is 17.5 Å². The van der Waals surface area contributed by atoms with Crippen molar-refractivity contribution in [2.45, 2.75) is 6.10 Å². The van der Waals surface area contributed by atoms with Crippen molar-refractivity contribution in [1.29, 1.82) is 0 Å². The van der Waals surface area contributed by atoms with Gasteiger partial charge in [0.05, 0.1) is 5.57 Å². The number of esters is 1. The normalized spacial score (nSPS) is 20.0. The number of hydrogen-bond acceptors (Lipinski definition) is 4. The molecular formula is C17H11FO4. The molecule has 0 bridgehead atoms. The van der Waals surface area contributed by atoms with Gasteiger partial charge in [-0.1, -0.05) is 42.5 Å². The van der Waals surface area contributed by atoms with E-state index in [1.165, 1.54) is 24.3 Å². The summed E-state index contributed by atoms with van der Waals surface area (Å²) < 4.78 is 18.0. The lowest BCUT2D eigenvalue weighted by Crippen LogP contribution is -2.08. The lowest BCUT2D eigenvalue weighted by Gasteiger charge is -2.12. The highest BCUT2D eigenvalue weighted by Gasteiger charge is 2.42. The van der Waals surface area contributed by atoms with E-state index in [9.17, 15) is 19.1 Å². The van der Waals surface area contributed by atoms with Gasteiger partial charge in [0, 0.05) is 5.56 Å². The molecule has 1 saturated heterocycles. The Hall–Kier alpha value is -2.95. The van der Waals surface area contributed by atoms with Crippen molar-refractivity contribution in [3.63, 3.8) is 0 Å². The Bertz CT molecular complexity index is 763. The van der Waals surface area contributed by atoms with E-state index >= 15 is 0 Å².